The molecule has 2 aliphatic heterocycles. The monoisotopic (exact) mass is 569 g/mol. The summed E-state index contributed by atoms with van der Waals surface area (Å²) < 4.78 is 31.1. The maximum Gasteiger partial charge on any atom is 0.181 e. The van der Waals surface area contributed by atoms with Crippen molar-refractivity contribution in [1.29, 1.82) is 0 Å². The van der Waals surface area contributed by atoms with Crippen LogP contribution in [-0.4, -0.2) is 65.5 Å². The number of ether oxygens (including phenoxy) is 1. The van der Waals surface area contributed by atoms with Crippen LogP contribution in [0.4, 0.5) is 0 Å². The summed E-state index contributed by atoms with van der Waals surface area (Å²) in [5, 5.41) is 11.0. The summed E-state index contributed by atoms with van der Waals surface area (Å²) in [4.78, 5) is 12.5. The highest BCUT2D eigenvalue weighted by atomic mass is 32.2. The lowest BCUT2D eigenvalue weighted by Crippen LogP contribution is -2.41. The average molecular weight is 570 g/mol. The first kappa shape index (κ1) is 27.1. The van der Waals surface area contributed by atoms with E-state index in [4.69, 9.17) is 9.72 Å². The van der Waals surface area contributed by atoms with E-state index in [1.54, 1.807) is 23.5 Å². The molecule has 3 aromatic rings. The van der Waals surface area contributed by atoms with Crippen LogP contribution in [0.5, 0.6) is 0 Å². The number of aliphatic hydroxyl groups is 1. The van der Waals surface area contributed by atoms with E-state index < -0.39 is 15.4 Å². The maximum atomic E-state index is 12.7. The van der Waals surface area contributed by atoms with Crippen LogP contribution in [0.25, 0.3) is 10.7 Å². The number of hydrogen-bond acceptors (Lipinski definition) is 7. The molecule has 2 N–H and O–H groups in total. The van der Waals surface area contributed by atoms with Crippen LogP contribution >= 0.6 is 11.3 Å². The van der Waals surface area contributed by atoms with Crippen molar-refractivity contribution in [3.8, 4) is 10.7 Å². The van der Waals surface area contributed by atoms with Gasteiger partial charge >= 0.3 is 0 Å². The van der Waals surface area contributed by atoms with E-state index in [0.717, 1.165) is 99.8 Å². The lowest BCUT2D eigenvalue weighted by atomic mass is 9.83. The summed E-state index contributed by atoms with van der Waals surface area (Å²) in [6.45, 7) is 6.22. The lowest BCUT2D eigenvalue weighted by molar-refractivity contribution is -0.00708. The molecule has 6 rings (SSSR count). The van der Waals surface area contributed by atoms with Gasteiger partial charge in [-0.25, -0.2) is 13.4 Å². The fourth-order valence-electron chi connectivity index (χ4n) is 5.88. The highest BCUT2D eigenvalue weighted by Gasteiger charge is 2.37. The molecule has 7 nitrogen and oxygen atoms in total. The molecule has 3 aliphatic rings. The number of rotatable bonds is 9. The first-order valence-corrected chi connectivity index (χ1v) is 16.6. The number of H-pyrrole nitrogens is 1. The summed E-state index contributed by atoms with van der Waals surface area (Å²) in [7, 11) is -3.19. The molecule has 9 heteroatoms. The van der Waals surface area contributed by atoms with E-state index in [9.17, 15) is 13.5 Å². The summed E-state index contributed by atoms with van der Waals surface area (Å²) in [5.74, 6) is 0.724. The predicted molar refractivity (Wildman–Crippen MR) is 154 cm³/mol. The van der Waals surface area contributed by atoms with Crippen LogP contribution in [0.3, 0.4) is 0 Å². The van der Waals surface area contributed by atoms with Gasteiger partial charge in [0.05, 0.1) is 21.4 Å². The molecule has 2 saturated heterocycles. The Bertz CT molecular complexity index is 1360. The fourth-order valence-corrected chi connectivity index (χ4v) is 8.47. The molecule has 1 aromatic carbocycles. The molecule has 39 heavy (non-hydrogen) atoms. The van der Waals surface area contributed by atoms with E-state index >= 15 is 0 Å². The third-order valence-electron chi connectivity index (χ3n) is 8.66. The van der Waals surface area contributed by atoms with E-state index in [1.807, 2.05) is 25.3 Å². The van der Waals surface area contributed by atoms with Crippen LogP contribution in [0.2, 0.25) is 0 Å². The quantitative estimate of drug-likeness (QED) is 0.360. The standard InChI is InChI=1S/C30H39N3O4S2/c1-30(34)12-14-33(15-13-30)20-23-19-31-29(38-23)28-9-8-27(32-28)26(18-21-10-16-37-17-11-21)22-2-4-24(5-3-22)39(35,36)25-6-7-25/h2-5,8-9,19,21,25-26,32,34H,6-7,10-18,20H2,1H3. The summed E-state index contributed by atoms with van der Waals surface area (Å²) in [6, 6.07) is 11.9. The zero-order valence-electron chi connectivity index (χ0n) is 22.6. The van der Waals surface area contributed by atoms with Gasteiger partial charge in [-0.15, -0.1) is 11.3 Å². The highest BCUT2D eigenvalue weighted by Crippen LogP contribution is 2.38. The summed E-state index contributed by atoms with van der Waals surface area (Å²) in [6.07, 6.45) is 8.26. The molecule has 1 atom stereocenters. The molecule has 3 fully saturated rings. The first-order chi connectivity index (χ1) is 18.8. The number of thiazole rings is 1. The second kappa shape index (κ2) is 11.1. The smallest absolute Gasteiger partial charge is 0.181 e. The maximum absolute atomic E-state index is 12.7. The van der Waals surface area contributed by atoms with Gasteiger partial charge in [0, 0.05) is 55.5 Å². The molecule has 1 aliphatic carbocycles. The minimum absolute atomic E-state index is 0.153. The molecular formula is C30H39N3O4S2. The Balaban J connectivity index is 1.20. The molecule has 1 unspecified atom stereocenters. The first-order valence-electron chi connectivity index (χ1n) is 14.3. The van der Waals surface area contributed by atoms with Gasteiger partial charge in [-0.3, -0.25) is 4.90 Å². The lowest BCUT2D eigenvalue weighted by Gasteiger charge is -2.35. The molecule has 4 heterocycles. The highest BCUT2D eigenvalue weighted by molar-refractivity contribution is 7.92. The number of piperidine rings is 1. The molecule has 0 spiro atoms. The van der Waals surface area contributed by atoms with Crippen LogP contribution in [-0.2, 0) is 21.1 Å². The van der Waals surface area contributed by atoms with Gasteiger partial charge in [0.1, 0.15) is 5.01 Å². The van der Waals surface area contributed by atoms with Gasteiger partial charge in [-0.2, -0.15) is 0 Å². The van der Waals surface area contributed by atoms with Gasteiger partial charge in [0.25, 0.3) is 0 Å². The zero-order chi connectivity index (χ0) is 27.0. The van der Waals surface area contributed by atoms with Crippen LogP contribution in [0.1, 0.15) is 73.9 Å². The van der Waals surface area contributed by atoms with E-state index in [0.29, 0.717) is 10.8 Å². The Morgan fingerprint density at radius 2 is 1.82 bits per heavy atom. The van der Waals surface area contributed by atoms with Crippen LogP contribution < -0.4 is 0 Å². The van der Waals surface area contributed by atoms with Crippen LogP contribution in [0.15, 0.2) is 47.5 Å². The number of nitrogens with one attached hydrogen (secondary N) is 1. The molecule has 0 radical (unpaired) electrons. The van der Waals surface area contributed by atoms with Gasteiger partial charge in [0.15, 0.2) is 9.84 Å². The van der Waals surface area contributed by atoms with Crippen molar-refractivity contribution in [1.82, 2.24) is 14.9 Å². The molecule has 2 aromatic heterocycles. The average Bonchev–Trinajstić information content (AvgIpc) is 3.52. The van der Waals surface area contributed by atoms with Gasteiger partial charge < -0.3 is 14.8 Å². The van der Waals surface area contributed by atoms with E-state index in [1.165, 1.54) is 4.88 Å². The Labute approximate surface area is 235 Å². The Morgan fingerprint density at radius 1 is 1.10 bits per heavy atom. The molecular weight excluding hydrogens is 530 g/mol. The van der Waals surface area contributed by atoms with Gasteiger partial charge in [-0.05, 0) is 87.6 Å². The van der Waals surface area contributed by atoms with Crippen molar-refractivity contribution in [2.45, 2.75) is 80.1 Å². The second-order valence-electron chi connectivity index (χ2n) is 11.9. The zero-order valence-corrected chi connectivity index (χ0v) is 24.3. The van der Waals surface area contributed by atoms with Crippen molar-refractivity contribution in [3.63, 3.8) is 0 Å². The second-order valence-corrected chi connectivity index (χ2v) is 15.2. The third-order valence-corrected chi connectivity index (χ3v) is 12.0. The number of hydrogen-bond donors (Lipinski definition) is 2. The van der Waals surface area contributed by atoms with Crippen molar-refractivity contribution in [3.05, 3.63) is 58.7 Å². The summed E-state index contributed by atoms with van der Waals surface area (Å²) >= 11 is 1.72. The molecule has 210 valence electrons. The van der Waals surface area contributed by atoms with E-state index in [-0.39, 0.29) is 11.2 Å². The van der Waals surface area contributed by atoms with Crippen molar-refractivity contribution < 1.29 is 18.3 Å². The summed E-state index contributed by atoms with van der Waals surface area (Å²) in [5.41, 5.74) is 2.77. The Hall–Kier alpha value is -2.04. The normalized spacial score (nSPS) is 21.7. The third kappa shape index (κ3) is 6.33. The van der Waals surface area contributed by atoms with Crippen molar-refractivity contribution >= 4 is 21.2 Å². The molecule has 0 bridgehead atoms. The largest absolute Gasteiger partial charge is 0.390 e. The van der Waals surface area contributed by atoms with Crippen molar-refractivity contribution in [2.75, 3.05) is 26.3 Å². The molecule has 0 amide bonds. The Morgan fingerprint density at radius 3 is 2.51 bits per heavy atom. The van der Waals surface area contributed by atoms with Gasteiger partial charge in [-0.1, -0.05) is 12.1 Å². The van der Waals surface area contributed by atoms with E-state index in [2.05, 4.69) is 22.0 Å². The number of nitrogens with zero attached hydrogens (tertiary/aromatic N) is 2. The van der Waals surface area contributed by atoms with Crippen molar-refractivity contribution in [2.24, 2.45) is 5.92 Å². The topological polar surface area (TPSA) is 95.5 Å². The number of sulfone groups is 1. The van der Waals surface area contributed by atoms with Gasteiger partial charge in [0.2, 0.25) is 0 Å². The SMILES string of the molecule is CC1(O)CCN(Cc2cnc(-c3ccc(C(CC4CCOCC4)c4ccc(S(=O)(=O)C5CC5)cc4)[nH]3)s2)CC1. The predicted octanol–water partition coefficient (Wildman–Crippen LogP) is 5.37. The Kier molecular flexibility index (Phi) is 7.72. The van der Waals surface area contributed by atoms with Crippen LogP contribution in [0, 0.1) is 5.92 Å². The number of aromatic nitrogens is 2. The number of benzene rings is 1. The number of aromatic amines is 1. The molecule has 1 saturated carbocycles. The minimum Gasteiger partial charge on any atom is -0.390 e. The minimum atomic E-state index is -3.19. The number of likely N-dealkylation sites (tertiary alicyclic amines) is 1. The fraction of sp³-hybridized carbons (Fsp3) is 0.567.